The molecule has 2 heterocycles. The molecule has 2 N–H and O–H groups in total. The standard InChI is InChI=1S/C15H15N5O5/c1-7-8-4-5-10(23-2)13(24-3)12(8)25-14(22)9(7)6-11(21)16-15-17-19-20-18-15/h4-5H,6H2,1-3H3,(H2,16,17,18,19,20,21). The van der Waals surface area contributed by atoms with Gasteiger partial charge in [-0.05, 0) is 29.8 Å². The summed E-state index contributed by atoms with van der Waals surface area (Å²) in [5, 5.41) is 15.9. The highest BCUT2D eigenvalue weighted by Crippen LogP contribution is 2.36. The summed E-state index contributed by atoms with van der Waals surface area (Å²) in [4.78, 5) is 24.5. The predicted octanol–water partition coefficient (Wildman–Crippen LogP) is 0.813. The van der Waals surface area contributed by atoms with E-state index in [-0.39, 0.29) is 23.5 Å². The molecule has 3 rings (SSSR count). The minimum Gasteiger partial charge on any atom is -0.493 e. The average molecular weight is 345 g/mol. The van der Waals surface area contributed by atoms with Gasteiger partial charge in [0.2, 0.25) is 11.7 Å². The summed E-state index contributed by atoms with van der Waals surface area (Å²) < 4.78 is 15.9. The largest absolute Gasteiger partial charge is 0.493 e. The lowest BCUT2D eigenvalue weighted by molar-refractivity contribution is -0.115. The van der Waals surface area contributed by atoms with Gasteiger partial charge in [-0.3, -0.25) is 10.1 Å². The molecule has 130 valence electrons. The number of methoxy groups -OCH3 is 2. The van der Waals surface area contributed by atoms with Gasteiger partial charge in [0.05, 0.1) is 26.2 Å². The van der Waals surface area contributed by atoms with Gasteiger partial charge in [0.1, 0.15) is 0 Å². The van der Waals surface area contributed by atoms with E-state index < -0.39 is 11.5 Å². The summed E-state index contributed by atoms with van der Waals surface area (Å²) in [5.74, 6) is 0.332. The second-order valence-corrected chi connectivity index (χ2v) is 5.13. The smallest absolute Gasteiger partial charge is 0.340 e. The number of nitrogens with zero attached hydrogens (tertiary/aromatic N) is 3. The Morgan fingerprint density at radius 2 is 2.12 bits per heavy atom. The zero-order valence-electron chi connectivity index (χ0n) is 13.7. The highest BCUT2D eigenvalue weighted by molar-refractivity contribution is 5.93. The van der Waals surface area contributed by atoms with Crippen LogP contribution in [0.4, 0.5) is 5.95 Å². The van der Waals surface area contributed by atoms with Gasteiger partial charge in [-0.25, -0.2) is 4.79 Å². The molecule has 25 heavy (non-hydrogen) atoms. The van der Waals surface area contributed by atoms with Gasteiger partial charge in [-0.15, -0.1) is 5.10 Å². The highest BCUT2D eigenvalue weighted by atomic mass is 16.5. The fraction of sp³-hybridized carbons (Fsp3) is 0.267. The minimum absolute atomic E-state index is 0.0271. The number of hydrogen-bond acceptors (Lipinski definition) is 8. The van der Waals surface area contributed by atoms with E-state index in [0.29, 0.717) is 22.4 Å². The number of amides is 1. The number of aryl methyl sites for hydroxylation is 1. The third-order valence-corrected chi connectivity index (χ3v) is 3.73. The molecule has 0 radical (unpaired) electrons. The Kier molecular flexibility index (Phi) is 4.33. The maximum Gasteiger partial charge on any atom is 0.340 e. The number of anilines is 1. The third kappa shape index (κ3) is 3.01. The molecule has 0 unspecified atom stereocenters. The second kappa shape index (κ2) is 6.59. The van der Waals surface area contributed by atoms with Crippen molar-refractivity contribution >= 4 is 22.8 Å². The zero-order chi connectivity index (χ0) is 18.0. The molecule has 1 aromatic carbocycles. The van der Waals surface area contributed by atoms with Crippen LogP contribution < -0.4 is 20.4 Å². The number of aromatic nitrogens is 4. The molecular weight excluding hydrogens is 330 g/mol. The molecule has 0 atom stereocenters. The van der Waals surface area contributed by atoms with E-state index in [0.717, 1.165) is 0 Å². The summed E-state index contributed by atoms with van der Waals surface area (Å²) in [6.45, 7) is 1.74. The van der Waals surface area contributed by atoms with Crippen molar-refractivity contribution in [2.75, 3.05) is 19.5 Å². The van der Waals surface area contributed by atoms with Crippen molar-refractivity contribution in [3.8, 4) is 11.5 Å². The molecule has 0 aliphatic rings. The van der Waals surface area contributed by atoms with Crippen molar-refractivity contribution in [1.82, 2.24) is 20.6 Å². The maximum atomic E-state index is 12.4. The lowest BCUT2D eigenvalue weighted by Gasteiger charge is -2.12. The first kappa shape index (κ1) is 16.4. The monoisotopic (exact) mass is 345 g/mol. The number of H-pyrrole nitrogens is 1. The van der Waals surface area contributed by atoms with E-state index in [1.165, 1.54) is 14.2 Å². The van der Waals surface area contributed by atoms with Gasteiger partial charge >= 0.3 is 5.63 Å². The topological polar surface area (TPSA) is 132 Å². The molecule has 0 saturated carbocycles. The number of carbonyl (C=O) groups excluding carboxylic acids is 1. The van der Waals surface area contributed by atoms with Crippen molar-refractivity contribution in [2.45, 2.75) is 13.3 Å². The lowest BCUT2D eigenvalue weighted by atomic mass is 10.0. The highest BCUT2D eigenvalue weighted by Gasteiger charge is 2.19. The average Bonchev–Trinajstić information content (AvgIpc) is 3.10. The van der Waals surface area contributed by atoms with Crippen LogP contribution in [0.2, 0.25) is 0 Å². The summed E-state index contributed by atoms with van der Waals surface area (Å²) >= 11 is 0. The van der Waals surface area contributed by atoms with Gasteiger partial charge < -0.3 is 13.9 Å². The SMILES string of the molecule is COc1ccc2c(C)c(CC(=O)Nc3nn[nH]n3)c(=O)oc2c1OC. The molecule has 0 aliphatic heterocycles. The van der Waals surface area contributed by atoms with Gasteiger partial charge in [0.15, 0.2) is 11.3 Å². The van der Waals surface area contributed by atoms with Crippen LogP contribution in [0.15, 0.2) is 21.3 Å². The van der Waals surface area contributed by atoms with E-state index in [1.807, 2.05) is 0 Å². The van der Waals surface area contributed by atoms with Crippen molar-refractivity contribution in [3.05, 3.63) is 33.7 Å². The Bertz CT molecular complexity index is 980. The molecule has 0 aliphatic carbocycles. The van der Waals surface area contributed by atoms with Crippen molar-refractivity contribution in [1.29, 1.82) is 0 Å². The Hall–Kier alpha value is -3.43. The second-order valence-electron chi connectivity index (χ2n) is 5.13. The number of nitrogens with one attached hydrogen (secondary N) is 2. The summed E-state index contributed by atoms with van der Waals surface area (Å²) in [6.07, 6.45) is -0.188. The van der Waals surface area contributed by atoms with Gasteiger partial charge in [-0.2, -0.15) is 5.21 Å². The molecule has 1 amide bonds. The number of aromatic amines is 1. The summed E-state index contributed by atoms with van der Waals surface area (Å²) in [6, 6.07) is 3.45. The normalized spacial score (nSPS) is 10.7. The number of hydrogen-bond donors (Lipinski definition) is 2. The van der Waals surface area contributed by atoms with Crippen LogP contribution in [0.3, 0.4) is 0 Å². The first-order valence-corrected chi connectivity index (χ1v) is 7.25. The number of rotatable bonds is 5. The molecular formula is C15H15N5O5. The third-order valence-electron chi connectivity index (χ3n) is 3.73. The number of ether oxygens (including phenoxy) is 2. The van der Waals surface area contributed by atoms with Gasteiger partial charge in [0, 0.05) is 5.39 Å². The van der Waals surface area contributed by atoms with Crippen molar-refractivity contribution < 1.29 is 18.7 Å². The molecule has 10 heteroatoms. The summed E-state index contributed by atoms with van der Waals surface area (Å²) in [5.41, 5.74) is 0.502. The Morgan fingerprint density at radius 1 is 1.32 bits per heavy atom. The van der Waals surface area contributed by atoms with E-state index >= 15 is 0 Å². The van der Waals surface area contributed by atoms with Crippen molar-refractivity contribution in [3.63, 3.8) is 0 Å². The van der Waals surface area contributed by atoms with Crippen LogP contribution in [-0.4, -0.2) is 40.8 Å². The quantitative estimate of drug-likeness (QED) is 0.649. The lowest BCUT2D eigenvalue weighted by Crippen LogP contribution is -2.21. The Labute approximate surface area is 141 Å². The Morgan fingerprint density at radius 3 is 2.76 bits per heavy atom. The molecule has 10 nitrogen and oxygen atoms in total. The molecule has 0 fully saturated rings. The number of fused-ring (bicyclic) bond motifs is 1. The number of benzene rings is 1. The molecule has 3 aromatic rings. The van der Waals surface area contributed by atoms with Crippen LogP contribution in [0.25, 0.3) is 11.0 Å². The van der Waals surface area contributed by atoms with E-state index in [2.05, 4.69) is 25.9 Å². The van der Waals surface area contributed by atoms with E-state index in [4.69, 9.17) is 13.9 Å². The van der Waals surface area contributed by atoms with Crippen LogP contribution in [0.5, 0.6) is 11.5 Å². The van der Waals surface area contributed by atoms with Crippen LogP contribution in [-0.2, 0) is 11.2 Å². The molecule has 0 bridgehead atoms. The van der Waals surface area contributed by atoms with Crippen molar-refractivity contribution in [2.24, 2.45) is 0 Å². The maximum absolute atomic E-state index is 12.4. The first-order valence-electron chi connectivity index (χ1n) is 7.25. The van der Waals surface area contributed by atoms with E-state index in [1.54, 1.807) is 19.1 Å². The minimum atomic E-state index is -0.625. The fourth-order valence-corrected chi connectivity index (χ4v) is 2.51. The van der Waals surface area contributed by atoms with Gasteiger partial charge in [0.25, 0.3) is 5.95 Å². The van der Waals surface area contributed by atoms with Crippen LogP contribution in [0.1, 0.15) is 11.1 Å². The zero-order valence-corrected chi connectivity index (χ0v) is 13.7. The Balaban J connectivity index is 2.02. The van der Waals surface area contributed by atoms with Crippen LogP contribution >= 0.6 is 0 Å². The summed E-state index contributed by atoms with van der Waals surface area (Å²) in [7, 11) is 2.95. The van der Waals surface area contributed by atoms with Crippen LogP contribution in [0, 0.1) is 6.92 Å². The fourth-order valence-electron chi connectivity index (χ4n) is 2.51. The molecule has 0 saturated heterocycles. The van der Waals surface area contributed by atoms with E-state index in [9.17, 15) is 9.59 Å². The first-order chi connectivity index (χ1) is 12.0. The molecule has 0 spiro atoms. The number of tetrazole rings is 1. The van der Waals surface area contributed by atoms with Gasteiger partial charge in [-0.1, -0.05) is 5.10 Å². The predicted molar refractivity (Wildman–Crippen MR) is 86.8 cm³/mol. The number of carbonyl (C=O) groups is 1. The molecule has 2 aromatic heterocycles.